The van der Waals surface area contributed by atoms with Gasteiger partial charge in [-0.25, -0.2) is 0 Å². The molecule has 1 aliphatic rings. The maximum Gasteiger partial charge on any atom is 0.0812 e. The number of nitrogens with zero attached hydrogens (tertiary/aromatic N) is 1. The van der Waals surface area contributed by atoms with Crippen molar-refractivity contribution in [3.63, 3.8) is 0 Å². The Hall–Kier alpha value is -0.890. The lowest BCUT2D eigenvalue weighted by molar-refractivity contribution is 0.141. The number of aromatic nitrogens is 1. The highest BCUT2D eigenvalue weighted by atomic mass is 16.3. The second-order valence-corrected chi connectivity index (χ2v) is 4.76. The Bertz CT molecular complexity index is 331. The molecule has 1 heterocycles. The van der Waals surface area contributed by atoms with E-state index in [-0.39, 0.29) is 6.10 Å². The quantitative estimate of drug-likeness (QED) is 0.796. The fourth-order valence-electron chi connectivity index (χ4n) is 1.82. The van der Waals surface area contributed by atoms with Gasteiger partial charge in [0.25, 0.3) is 0 Å². The predicted octanol–water partition coefficient (Wildman–Crippen LogP) is 2.61. The molecule has 0 saturated heterocycles. The maximum absolute atomic E-state index is 10.0. The molecular weight excluding hydrogens is 174 g/mol. The van der Waals surface area contributed by atoms with E-state index in [1.54, 1.807) is 12.4 Å². The molecular formula is C12H17NO. The molecule has 1 aromatic heterocycles. The molecule has 76 valence electrons. The van der Waals surface area contributed by atoms with E-state index in [0.717, 1.165) is 17.5 Å². The number of hydrogen-bond acceptors (Lipinski definition) is 2. The molecule has 2 nitrogen and oxygen atoms in total. The van der Waals surface area contributed by atoms with Gasteiger partial charge in [-0.05, 0) is 43.2 Å². The molecule has 2 rings (SSSR count). The molecule has 0 bridgehead atoms. The van der Waals surface area contributed by atoms with Gasteiger partial charge < -0.3 is 5.11 Å². The van der Waals surface area contributed by atoms with Crippen molar-refractivity contribution in [2.45, 2.75) is 39.2 Å². The molecule has 0 aliphatic heterocycles. The van der Waals surface area contributed by atoms with Gasteiger partial charge in [-0.15, -0.1) is 0 Å². The summed E-state index contributed by atoms with van der Waals surface area (Å²) < 4.78 is 0. The summed E-state index contributed by atoms with van der Waals surface area (Å²) in [6.07, 6.45) is 6.60. The van der Waals surface area contributed by atoms with Crippen LogP contribution in [0.4, 0.5) is 0 Å². The second-order valence-electron chi connectivity index (χ2n) is 4.76. The van der Waals surface area contributed by atoms with E-state index in [2.05, 4.69) is 11.9 Å². The van der Waals surface area contributed by atoms with Crippen molar-refractivity contribution in [3.05, 3.63) is 29.6 Å². The van der Waals surface area contributed by atoms with Crippen LogP contribution < -0.4 is 0 Å². The monoisotopic (exact) mass is 191 g/mol. The first kappa shape index (κ1) is 9.66. The van der Waals surface area contributed by atoms with E-state index < -0.39 is 0 Å². The molecule has 1 atom stereocenters. The van der Waals surface area contributed by atoms with Crippen molar-refractivity contribution in [2.75, 3.05) is 0 Å². The van der Waals surface area contributed by atoms with E-state index >= 15 is 0 Å². The number of aliphatic hydroxyl groups excluding tert-OH is 1. The van der Waals surface area contributed by atoms with Crippen LogP contribution in [0.15, 0.2) is 18.5 Å². The Balaban J connectivity index is 2.10. The highest BCUT2D eigenvalue weighted by Gasteiger charge is 2.39. The van der Waals surface area contributed by atoms with Gasteiger partial charge >= 0.3 is 0 Å². The van der Waals surface area contributed by atoms with Crippen LogP contribution in [0.2, 0.25) is 0 Å². The molecule has 0 amide bonds. The number of aryl methyl sites for hydroxylation is 1. The molecule has 1 N–H and O–H groups in total. The number of pyridine rings is 1. The molecule has 1 aromatic rings. The molecule has 1 saturated carbocycles. The average Bonchev–Trinajstić information content (AvgIpc) is 2.84. The summed E-state index contributed by atoms with van der Waals surface area (Å²) in [5, 5.41) is 10.0. The summed E-state index contributed by atoms with van der Waals surface area (Å²) in [5.74, 6) is 0. The van der Waals surface area contributed by atoms with Crippen LogP contribution in [0.25, 0.3) is 0 Å². The van der Waals surface area contributed by atoms with Gasteiger partial charge in [0.1, 0.15) is 0 Å². The smallest absolute Gasteiger partial charge is 0.0812 e. The zero-order chi connectivity index (χ0) is 10.2. The van der Waals surface area contributed by atoms with Gasteiger partial charge in [0.2, 0.25) is 0 Å². The fraction of sp³-hybridized carbons (Fsp3) is 0.583. The van der Waals surface area contributed by atoms with Crippen LogP contribution in [-0.2, 0) is 0 Å². The SMILES string of the molecule is Cc1ccncc1C(O)CC1(C)CC1. The first-order valence-corrected chi connectivity index (χ1v) is 5.19. The van der Waals surface area contributed by atoms with Crippen molar-refractivity contribution in [1.82, 2.24) is 4.98 Å². The Kier molecular flexibility index (Phi) is 2.31. The van der Waals surface area contributed by atoms with E-state index in [0.29, 0.717) is 5.41 Å². The first-order valence-electron chi connectivity index (χ1n) is 5.19. The number of aliphatic hydroxyl groups is 1. The van der Waals surface area contributed by atoms with Crippen molar-refractivity contribution < 1.29 is 5.11 Å². The van der Waals surface area contributed by atoms with Crippen molar-refractivity contribution >= 4 is 0 Å². The minimum atomic E-state index is -0.337. The zero-order valence-electron chi connectivity index (χ0n) is 8.83. The maximum atomic E-state index is 10.0. The normalized spacial score (nSPS) is 20.5. The van der Waals surface area contributed by atoms with Gasteiger partial charge in [-0.1, -0.05) is 6.92 Å². The largest absolute Gasteiger partial charge is 0.388 e. The Labute approximate surface area is 85.0 Å². The van der Waals surface area contributed by atoms with Gasteiger partial charge in [0, 0.05) is 18.0 Å². The Morgan fingerprint density at radius 1 is 1.57 bits per heavy atom. The van der Waals surface area contributed by atoms with Crippen LogP contribution in [-0.4, -0.2) is 10.1 Å². The van der Waals surface area contributed by atoms with Crippen LogP contribution in [0.3, 0.4) is 0 Å². The molecule has 1 fully saturated rings. The Morgan fingerprint density at radius 2 is 2.29 bits per heavy atom. The van der Waals surface area contributed by atoms with Crippen molar-refractivity contribution in [3.8, 4) is 0 Å². The van der Waals surface area contributed by atoms with Gasteiger partial charge in [0.05, 0.1) is 6.10 Å². The Morgan fingerprint density at radius 3 is 2.86 bits per heavy atom. The predicted molar refractivity (Wildman–Crippen MR) is 55.9 cm³/mol. The number of rotatable bonds is 3. The van der Waals surface area contributed by atoms with Gasteiger partial charge in [0.15, 0.2) is 0 Å². The van der Waals surface area contributed by atoms with Crippen molar-refractivity contribution in [1.29, 1.82) is 0 Å². The van der Waals surface area contributed by atoms with E-state index in [4.69, 9.17) is 0 Å². The third-order valence-corrected chi connectivity index (χ3v) is 3.23. The summed E-state index contributed by atoms with van der Waals surface area (Å²) in [6.45, 7) is 4.26. The minimum Gasteiger partial charge on any atom is -0.388 e. The third kappa shape index (κ3) is 1.95. The topological polar surface area (TPSA) is 33.1 Å². The second kappa shape index (κ2) is 3.35. The lowest BCUT2D eigenvalue weighted by Crippen LogP contribution is -2.06. The standard InChI is InChI=1S/C12H17NO/c1-9-3-6-13-8-10(9)11(14)7-12(2)4-5-12/h3,6,8,11,14H,4-5,7H2,1-2H3. The molecule has 1 unspecified atom stereocenters. The third-order valence-electron chi connectivity index (χ3n) is 3.23. The van der Waals surface area contributed by atoms with Crippen LogP contribution in [0, 0.1) is 12.3 Å². The van der Waals surface area contributed by atoms with Gasteiger partial charge in [-0.3, -0.25) is 4.98 Å². The summed E-state index contributed by atoms with van der Waals surface area (Å²) in [6, 6.07) is 1.95. The lowest BCUT2D eigenvalue weighted by Gasteiger charge is -2.16. The summed E-state index contributed by atoms with van der Waals surface area (Å²) in [4.78, 5) is 4.06. The zero-order valence-corrected chi connectivity index (χ0v) is 8.83. The molecule has 2 heteroatoms. The molecule has 1 aliphatic carbocycles. The van der Waals surface area contributed by atoms with Crippen molar-refractivity contribution in [2.24, 2.45) is 5.41 Å². The number of hydrogen-bond donors (Lipinski definition) is 1. The van der Waals surface area contributed by atoms with Crippen LogP contribution in [0.1, 0.15) is 43.4 Å². The molecule has 0 aromatic carbocycles. The lowest BCUT2D eigenvalue weighted by atomic mass is 9.95. The average molecular weight is 191 g/mol. The minimum absolute atomic E-state index is 0.337. The van der Waals surface area contributed by atoms with E-state index in [1.165, 1.54) is 12.8 Å². The van der Waals surface area contributed by atoms with E-state index in [1.807, 2.05) is 13.0 Å². The summed E-state index contributed by atoms with van der Waals surface area (Å²) in [5.41, 5.74) is 2.51. The highest BCUT2D eigenvalue weighted by Crippen LogP contribution is 2.51. The van der Waals surface area contributed by atoms with E-state index in [9.17, 15) is 5.11 Å². The molecule has 0 spiro atoms. The fourth-order valence-corrected chi connectivity index (χ4v) is 1.82. The molecule has 0 radical (unpaired) electrons. The van der Waals surface area contributed by atoms with Crippen LogP contribution in [0.5, 0.6) is 0 Å². The first-order chi connectivity index (χ1) is 6.61. The molecule has 14 heavy (non-hydrogen) atoms. The highest BCUT2D eigenvalue weighted by molar-refractivity contribution is 5.24. The van der Waals surface area contributed by atoms with Crippen LogP contribution >= 0.6 is 0 Å². The van der Waals surface area contributed by atoms with Gasteiger partial charge in [-0.2, -0.15) is 0 Å². The summed E-state index contributed by atoms with van der Waals surface area (Å²) in [7, 11) is 0. The summed E-state index contributed by atoms with van der Waals surface area (Å²) >= 11 is 0.